The lowest BCUT2D eigenvalue weighted by molar-refractivity contribution is -0.125. The van der Waals surface area contributed by atoms with Crippen LogP contribution in [0.3, 0.4) is 0 Å². The number of carboxylic acid groups (broad SMARTS) is 1. The smallest absolute Gasteiger partial charge is 0.339 e. The van der Waals surface area contributed by atoms with Gasteiger partial charge in [-0.05, 0) is 37.0 Å². The van der Waals surface area contributed by atoms with Gasteiger partial charge in [0, 0.05) is 42.5 Å². The van der Waals surface area contributed by atoms with E-state index >= 15 is 0 Å². The molecule has 10 nitrogen and oxygen atoms in total. The number of ether oxygens (including phenoxy) is 1. The van der Waals surface area contributed by atoms with E-state index < -0.39 is 50.3 Å². The lowest BCUT2D eigenvalue weighted by Gasteiger charge is -2.41. The highest BCUT2D eigenvalue weighted by atomic mass is 32.2. The first-order chi connectivity index (χ1) is 23.5. The normalized spacial score (nSPS) is 16.9. The minimum absolute atomic E-state index is 0.0237. The number of rotatable bonds is 11. The highest BCUT2D eigenvalue weighted by Crippen LogP contribution is 2.35. The van der Waals surface area contributed by atoms with Crippen LogP contribution >= 0.6 is 0 Å². The fourth-order valence-electron chi connectivity index (χ4n) is 6.19. The monoisotopic (exact) mass is 694 g/mol. The summed E-state index contributed by atoms with van der Waals surface area (Å²) in [6.45, 7) is -0.386. The topological polar surface area (TPSA) is 130 Å². The van der Waals surface area contributed by atoms with Gasteiger partial charge in [0.25, 0.3) is 0 Å². The average Bonchev–Trinajstić information content (AvgIpc) is 3.06. The first kappa shape index (κ1) is 34.1. The molecule has 256 valence electrons. The number of carbonyl (C=O) groups is 2. The van der Waals surface area contributed by atoms with Crippen LogP contribution in [0.15, 0.2) is 78.0 Å². The number of hydrogen-bond acceptors (Lipinski definition) is 7. The van der Waals surface area contributed by atoms with Gasteiger partial charge in [-0.1, -0.05) is 49.6 Å². The van der Waals surface area contributed by atoms with Crippen LogP contribution < -0.4 is 9.64 Å². The Morgan fingerprint density at radius 2 is 1.63 bits per heavy atom. The van der Waals surface area contributed by atoms with E-state index in [9.17, 15) is 36.3 Å². The minimum atomic E-state index is -4.91. The molecule has 14 heteroatoms. The summed E-state index contributed by atoms with van der Waals surface area (Å²) in [5.74, 6) is -6.32. The summed E-state index contributed by atoms with van der Waals surface area (Å²) in [7, 11) is -4.91. The quantitative estimate of drug-likeness (QED) is 0.196. The molecule has 0 radical (unpaired) electrons. The number of nitrogens with zero attached hydrogens (tertiary/aromatic N) is 4. The zero-order valence-corrected chi connectivity index (χ0v) is 27.1. The third kappa shape index (κ3) is 7.30. The summed E-state index contributed by atoms with van der Waals surface area (Å²) in [6.07, 6.45) is 8.61. The van der Waals surface area contributed by atoms with Crippen molar-refractivity contribution in [3.05, 3.63) is 113 Å². The molecule has 1 aromatic heterocycles. The van der Waals surface area contributed by atoms with Gasteiger partial charge in [0.2, 0.25) is 15.9 Å². The van der Waals surface area contributed by atoms with Gasteiger partial charge in [-0.3, -0.25) is 14.8 Å². The second kappa shape index (κ2) is 14.3. The van der Waals surface area contributed by atoms with E-state index in [1.165, 1.54) is 29.5 Å². The molecule has 0 unspecified atom stereocenters. The maximum Gasteiger partial charge on any atom is 0.339 e. The number of benzene rings is 3. The fraction of sp³-hybridized carbons (Fsp3) is 0.314. The van der Waals surface area contributed by atoms with Gasteiger partial charge in [0.05, 0.1) is 24.1 Å². The van der Waals surface area contributed by atoms with Crippen LogP contribution in [0.5, 0.6) is 5.75 Å². The van der Waals surface area contributed by atoms with E-state index in [1.54, 1.807) is 36.7 Å². The molecule has 2 aliphatic rings. The van der Waals surface area contributed by atoms with Gasteiger partial charge in [-0.2, -0.15) is 4.31 Å². The lowest BCUT2D eigenvalue weighted by Crippen LogP contribution is -2.59. The Morgan fingerprint density at radius 1 is 0.918 bits per heavy atom. The van der Waals surface area contributed by atoms with Crippen molar-refractivity contribution >= 4 is 27.6 Å². The van der Waals surface area contributed by atoms with E-state index in [-0.39, 0.29) is 61.2 Å². The van der Waals surface area contributed by atoms with Gasteiger partial charge in [0.15, 0.2) is 4.90 Å². The number of hydrogen-bond donors (Lipinski definition) is 1. The third-order valence-corrected chi connectivity index (χ3v) is 10.8. The zero-order chi connectivity index (χ0) is 34.7. The van der Waals surface area contributed by atoms with Crippen LogP contribution in [-0.2, 0) is 28.0 Å². The first-order valence-corrected chi connectivity index (χ1v) is 17.3. The van der Waals surface area contributed by atoms with Gasteiger partial charge >= 0.3 is 5.97 Å². The minimum Gasteiger partial charge on any atom is -0.488 e. The Labute approximate surface area is 281 Å². The van der Waals surface area contributed by atoms with Crippen LogP contribution in [0, 0.1) is 17.5 Å². The van der Waals surface area contributed by atoms with Gasteiger partial charge in [0.1, 0.15) is 41.4 Å². The Hall–Kier alpha value is -4.82. The van der Waals surface area contributed by atoms with Crippen molar-refractivity contribution in [2.24, 2.45) is 0 Å². The average molecular weight is 695 g/mol. The largest absolute Gasteiger partial charge is 0.488 e. The molecule has 1 aliphatic carbocycles. The lowest BCUT2D eigenvalue weighted by atomic mass is 9.87. The molecule has 1 amide bonds. The second-order valence-corrected chi connectivity index (χ2v) is 13.9. The van der Waals surface area contributed by atoms with Crippen LogP contribution in [0.4, 0.5) is 18.9 Å². The maximum absolute atomic E-state index is 14.6. The van der Waals surface area contributed by atoms with Crippen molar-refractivity contribution in [2.75, 3.05) is 11.4 Å². The van der Waals surface area contributed by atoms with Crippen LogP contribution in [0.1, 0.15) is 71.8 Å². The molecule has 0 bridgehead atoms. The summed E-state index contributed by atoms with van der Waals surface area (Å²) in [5, 5.41) is 9.86. The molecular weight excluding hydrogens is 661 g/mol. The van der Waals surface area contributed by atoms with Crippen molar-refractivity contribution in [3.63, 3.8) is 0 Å². The van der Waals surface area contributed by atoms with Gasteiger partial charge in [-0.25, -0.2) is 26.4 Å². The van der Waals surface area contributed by atoms with Crippen molar-refractivity contribution in [2.45, 2.75) is 68.5 Å². The molecule has 1 saturated heterocycles. The highest BCUT2D eigenvalue weighted by molar-refractivity contribution is 7.89. The van der Waals surface area contributed by atoms with Crippen LogP contribution in [-0.4, -0.2) is 52.3 Å². The molecule has 4 aromatic rings. The third-order valence-electron chi connectivity index (χ3n) is 8.86. The van der Waals surface area contributed by atoms with Gasteiger partial charge < -0.3 is 14.7 Å². The Morgan fingerprint density at radius 3 is 2.24 bits per heavy atom. The summed E-state index contributed by atoms with van der Waals surface area (Å²) >= 11 is 0. The number of aromatic carboxylic acids is 1. The number of anilines is 1. The molecule has 49 heavy (non-hydrogen) atoms. The van der Waals surface area contributed by atoms with E-state index in [0.29, 0.717) is 10.00 Å². The molecule has 1 atom stereocenters. The SMILES string of the molecule is O=C(O)c1ccc(N(Cc2cnc(C3CCCCC3)cn2)C(=O)[C@H]2CCN2S(=O)(=O)c2c(F)cc(F)cc2F)cc1OCc1ccccc1. The summed E-state index contributed by atoms with van der Waals surface area (Å²) in [4.78, 5) is 35.3. The molecule has 6 rings (SSSR count). The molecule has 2 fully saturated rings. The standard InChI is InChI=1S/C35H33F3N4O6S/c36-24-15-28(37)33(29(38)16-24)49(46,47)42-14-13-31(42)34(43)41(20-25-18-40-30(19-39-25)23-9-5-2-6-10-23)26-11-12-27(35(44)45)32(17-26)48-21-22-7-3-1-4-8-22/h1,3-4,7-8,11-12,15-19,23,31H,2,5-6,9-10,13-14,20-21H2,(H,44,45)/t31-/m1/s1. The molecule has 0 spiro atoms. The highest BCUT2D eigenvalue weighted by Gasteiger charge is 2.46. The summed E-state index contributed by atoms with van der Waals surface area (Å²) in [5.41, 5.74) is 1.97. The molecule has 1 saturated carbocycles. The van der Waals surface area contributed by atoms with Crippen molar-refractivity contribution in [1.29, 1.82) is 0 Å². The predicted octanol–water partition coefficient (Wildman–Crippen LogP) is 6.22. The second-order valence-electron chi connectivity index (χ2n) is 12.1. The number of amides is 1. The van der Waals surface area contributed by atoms with E-state index in [1.807, 2.05) is 6.07 Å². The van der Waals surface area contributed by atoms with E-state index in [2.05, 4.69) is 9.97 Å². The Balaban J connectivity index is 1.34. The van der Waals surface area contributed by atoms with E-state index in [4.69, 9.17) is 4.74 Å². The summed E-state index contributed by atoms with van der Waals surface area (Å²) < 4.78 is 76.2. The molecule has 3 aromatic carbocycles. The molecular formula is C35H33F3N4O6S. The number of carbonyl (C=O) groups excluding carboxylic acids is 1. The van der Waals surface area contributed by atoms with Gasteiger partial charge in [-0.15, -0.1) is 0 Å². The molecule has 2 heterocycles. The molecule has 1 N–H and O–H groups in total. The van der Waals surface area contributed by atoms with E-state index in [0.717, 1.165) is 36.9 Å². The van der Waals surface area contributed by atoms with Crippen molar-refractivity contribution in [1.82, 2.24) is 14.3 Å². The summed E-state index contributed by atoms with van der Waals surface area (Å²) in [6, 6.07) is 12.2. The van der Waals surface area contributed by atoms with Crippen molar-refractivity contribution < 1.29 is 41.0 Å². The Kier molecular flexibility index (Phi) is 9.97. The molecule has 1 aliphatic heterocycles. The number of sulfonamides is 1. The first-order valence-electron chi connectivity index (χ1n) is 15.9. The fourth-order valence-corrected chi connectivity index (χ4v) is 7.92. The number of halogens is 3. The Bertz CT molecular complexity index is 1940. The number of aromatic nitrogens is 2. The zero-order valence-electron chi connectivity index (χ0n) is 26.3. The van der Waals surface area contributed by atoms with Crippen LogP contribution in [0.25, 0.3) is 0 Å². The van der Waals surface area contributed by atoms with Crippen molar-refractivity contribution in [3.8, 4) is 5.75 Å². The predicted molar refractivity (Wildman–Crippen MR) is 172 cm³/mol. The number of carboxylic acids is 1. The maximum atomic E-state index is 14.6. The van der Waals surface area contributed by atoms with Crippen LogP contribution in [0.2, 0.25) is 0 Å².